The molecular weight excluding hydrogens is 190 g/mol. The maximum atomic E-state index is 11.7. The summed E-state index contributed by atoms with van der Waals surface area (Å²) in [5.41, 5.74) is 1.93. The fourth-order valence-electron chi connectivity index (χ4n) is 2.23. The van der Waals surface area contributed by atoms with Crippen molar-refractivity contribution in [1.29, 1.82) is 0 Å². The van der Waals surface area contributed by atoms with Gasteiger partial charge in [-0.15, -0.1) is 0 Å². The molecule has 3 nitrogen and oxygen atoms in total. The summed E-state index contributed by atoms with van der Waals surface area (Å²) in [6.45, 7) is 0. The van der Waals surface area contributed by atoms with Crippen LogP contribution in [0, 0.1) is 5.92 Å². The zero-order valence-corrected chi connectivity index (χ0v) is 8.62. The summed E-state index contributed by atoms with van der Waals surface area (Å²) in [6, 6.07) is 6.01. The number of hydrogen-bond donors (Lipinski definition) is 1. The summed E-state index contributed by atoms with van der Waals surface area (Å²) in [7, 11) is 1.62. The molecule has 1 aliphatic heterocycles. The Balaban J connectivity index is 2.04. The predicted molar refractivity (Wildman–Crippen MR) is 55.9 cm³/mol. The molecule has 1 atom stereocenters. The van der Waals surface area contributed by atoms with Crippen LogP contribution in [0.3, 0.4) is 0 Å². The summed E-state index contributed by atoms with van der Waals surface area (Å²) in [4.78, 5) is 11.7. The fraction of sp³-hybridized carbons (Fsp3) is 0.417. The van der Waals surface area contributed by atoms with E-state index in [9.17, 15) is 4.79 Å². The Hall–Kier alpha value is -1.51. The minimum Gasteiger partial charge on any atom is -0.497 e. The van der Waals surface area contributed by atoms with E-state index in [1.807, 2.05) is 18.2 Å². The highest BCUT2D eigenvalue weighted by Crippen LogP contribution is 2.44. The van der Waals surface area contributed by atoms with Crippen molar-refractivity contribution in [1.82, 2.24) is 5.32 Å². The summed E-state index contributed by atoms with van der Waals surface area (Å²) in [5.74, 6) is 1.45. The average molecular weight is 203 g/mol. The van der Waals surface area contributed by atoms with E-state index >= 15 is 0 Å². The summed E-state index contributed by atoms with van der Waals surface area (Å²) >= 11 is 0. The lowest BCUT2D eigenvalue weighted by Crippen LogP contribution is -2.20. The van der Waals surface area contributed by atoms with Crippen LogP contribution in [-0.4, -0.2) is 13.0 Å². The van der Waals surface area contributed by atoms with E-state index in [0.717, 1.165) is 16.9 Å². The minimum absolute atomic E-state index is 0.0424. The van der Waals surface area contributed by atoms with E-state index in [2.05, 4.69) is 5.32 Å². The average Bonchev–Trinajstić information content (AvgIpc) is 3.05. The standard InChI is InChI=1S/C12H13NO2/c1-15-8-4-5-9-10(6-8)12(14)13-11(9)7-2-3-7/h4-7,11H,2-3H2,1H3,(H,13,14). The normalized spacial score (nSPS) is 23.5. The van der Waals surface area contributed by atoms with Gasteiger partial charge in [0.1, 0.15) is 5.75 Å². The first-order valence-electron chi connectivity index (χ1n) is 5.28. The van der Waals surface area contributed by atoms with Crippen molar-refractivity contribution in [2.75, 3.05) is 7.11 Å². The summed E-state index contributed by atoms with van der Waals surface area (Å²) in [5, 5.41) is 3.04. The zero-order valence-electron chi connectivity index (χ0n) is 8.62. The Morgan fingerprint density at radius 1 is 1.40 bits per heavy atom. The first-order valence-corrected chi connectivity index (χ1v) is 5.28. The molecule has 3 rings (SSSR count). The lowest BCUT2D eigenvalue weighted by atomic mass is 10.0. The Bertz CT molecular complexity index is 424. The number of amides is 1. The van der Waals surface area contributed by atoms with Gasteiger partial charge in [0.05, 0.1) is 13.2 Å². The van der Waals surface area contributed by atoms with Gasteiger partial charge in [-0.1, -0.05) is 6.07 Å². The number of carbonyl (C=O) groups excluding carboxylic acids is 1. The molecule has 1 fully saturated rings. The summed E-state index contributed by atoms with van der Waals surface area (Å²) in [6.07, 6.45) is 2.47. The van der Waals surface area contributed by atoms with E-state index in [-0.39, 0.29) is 11.9 Å². The van der Waals surface area contributed by atoms with Gasteiger partial charge in [0.15, 0.2) is 0 Å². The molecule has 2 aliphatic rings. The number of benzene rings is 1. The lowest BCUT2D eigenvalue weighted by molar-refractivity contribution is 0.0953. The highest BCUT2D eigenvalue weighted by atomic mass is 16.5. The molecule has 0 aromatic heterocycles. The molecule has 1 heterocycles. The van der Waals surface area contributed by atoms with E-state index in [4.69, 9.17) is 4.74 Å². The van der Waals surface area contributed by atoms with Gasteiger partial charge in [0.25, 0.3) is 5.91 Å². The number of hydrogen-bond acceptors (Lipinski definition) is 2. The number of ether oxygens (including phenoxy) is 1. The second kappa shape index (κ2) is 2.99. The highest BCUT2D eigenvalue weighted by molar-refractivity contribution is 5.99. The van der Waals surface area contributed by atoms with Gasteiger partial charge in [-0.2, -0.15) is 0 Å². The number of rotatable bonds is 2. The molecule has 0 bridgehead atoms. The topological polar surface area (TPSA) is 38.3 Å². The van der Waals surface area contributed by atoms with Crippen molar-refractivity contribution in [3.05, 3.63) is 29.3 Å². The Kier molecular flexibility index (Phi) is 1.75. The van der Waals surface area contributed by atoms with Crippen molar-refractivity contribution >= 4 is 5.91 Å². The first kappa shape index (κ1) is 8.77. The van der Waals surface area contributed by atoms with Gasteiger partial charge in [-0.25, -0.2) is 0 Å². The van der Waals surface area contributed by atoms with Crippen LogP contribution in [-0.2, 0) is 0 Å². The largest absolute Gasteiger partial charge is 0.497 e. The molecule has 1 saturated carbocycles. The number of carbonyl (C=O) groups is 1. The third kappa shape index (κ3) is 1.30. The van der Waals surface area contributed by atoms with Crippen LogP contribution in [0.2, 0.25) is 0 Å². The van der Waals surface area contributed by atoms with Gasteiger partial charge in [-0.05, 0) is 36.5 Å². The van der Waals surface area contributed by atoms with E-state index in [1.165, 1.54) is 12.8 Å². The predicted octanol–water partition coefficient (Wildman–Crippen LogP) is 1.89. The molecule has 1 amide bonds. The van der Waals surface area contributed by atoms with Gasteiger partial charge < -0.3 is 10.1 Å². The molecule has 0 spiro atoms. The number of methoxy groups -OCH3 is 1. The molecule has 0 radical (unpaired) electrons. The molecule has 1 aromatic carbocycles. The van der Waals surface area contributed by atoms with Gasteiger partial charge in [-0.3, -0.25) is 4.79 Å². The maximum Gasteiger partial charge on any atom is 0.252 e. The van der Waals surface area contributed by atoms with E-state index < -0.39 is 0 Å². The van der Waals surface area contributed by atoms with Gasteiger partial charge in [0, 0.05) is 5.56 Å². The molecule has 78 valence electrons. The van der Waals surface area contributed by atoms with Crippen molar-refractivity contribution in [2.24, 2.45) is 5.92 Å². The zero-order chi connectivity index (χ0) is 10.4. The van der Waals surface area contributed by atoms with Crippen LogP contribution in [0.5, 0.6) is 5.75 Å². The second-order valence-corrected chi connectivity index (χ2v) is 4.24. The van der Waals surface area contributed by atoms with E-state index in [0.29, 0.717) is 5.92 Å². The Labute approximate surface area is 88.4 Å². The first-order chi connectivity index (χ1) is 7.29. The van der Waals surface area contributed by atoms with Crippen molar-refractivity contribution in [2.45, 2.75) is 18.9 Å². The third-order valence-corrected chi connectivity index (χ3v) is 3.22. The molecule has 1 aliphatic carbocycles. The third-order valence-electron chi connectivity index (χ3n) is 3.22. The molecule has 1 unspecified atom stereocenters. The van der Waals surface area contributed by atoms with Crippen LogP contribution in [0.4, 0.5) is 0 Å². The molecule has 3 heteroatoms. The maximum absolute atomic E-state index is 11.7. The molecular formula is C12H13NO2. The van der Waals surface area contributed by atoms with Crippen LogP contribution in [0.1, 0.15) is 34.8 Å². The molecule has 0 saturated heterocycles. The summed E-state index contributed by atoms with van der Waals surface area (Å²) < 4.78 is 5.12. The van der Waals surface area contributed by atoms with Crippen LogP contribution >= 0.6 is 0 Å². The van der Waals surface area contributed by atoms with Crippen LogP contribution < -0.4 is 10.1 Å². The molecule has 1 N–H and O–H groups in total. The van der Waals surface area contributed by atoms with Crippen LogP contribution in [0.15, 0.2) is 18.2 Å². The lowest BCUT2D eigenvalue weighted by Gasteiger charge is -2.09. The number of fused-ring (bicyclic) bond motifs is 1. The smallest absolute Gasteiger partial charge is 0.252 e. The van der Waals surface area contributed by atoms with Crippen molar-refractivity contribution in [3.8, 4) is 5.75 Å². The number of nitrogens with one attached hydrogen (secondary N) is 1. The van der Waals surface area contributed by atoms with Crippen molar-refractivity contribution < 1.29 is 9.53 Å². The Morgan fingerprint density at radius 2 is 2.20 bits per heavy atom. The molecule has 15 heavy (non-hydrogen) atoms. The second-order valence-electron chi connectivity index (χ2n) is 4.24. The quantitative estimate of drug-likeness (QED) is 0.797. The minimum atomic E-state index is 0.0424. The monoisotopic (exact) mass is 203 g/mol. The van der Waals surface area contributed by atoms with Gasteiger partial charge >= 0.3 is 0 Å². The Morgan fingerprint density at radius 3 is 2.87 bits per heavy atom. The highest BCUT2D eigenvalue weighted by Gasteiger charge is 2.39. The van der Waals surface area contributed by atoms with E-state index in [1.54, 1.807) is 7.11 Å². The van der Waals surface area contributed by atoms with Gasteiger partial charge in [0.2, 0.25) is 0 Å². The fourth-order valence-corrected chi connectivity index (χ4v) is 2.23. The van der Waals surface area contributed by atoms with Crippen molar-refractivity contribution in [3.63, 3.8) is 0 Å². The van der Waals surface area contributed by atoms with Crippen LogP contribution in [0.25, 0.3) is 0 Å². The molecule has 1 aromatic rings. The SMILES string of the molecule is COc1ccc2c(c1)C(=O)NC2C1CC1.